The number of nitrogens with one attached hydrogen (secondary N) is 1. The van der Waals surface area contributed by atoms with Crippen LogP contribution in [0.15, 0.2) is 12.3 Å². The molecule has 0 spiro atoms. The van der Waals surface area contributed by atoms with Crippen LogP contribution in [0.4, 0.5) is 0 Å². The molecule has 0 saturated carbocycles. The fraction of sp³-hybridized carbons (Fsp3) is 0.444. The molecule has 1 rings (SSSR count). The molecule has 0 aliphatic heterocycles. The molecule has 1 aromatic heterocycles. The van der Waals surface area contributed by atoms with Gasteiger partial charge in [-0.3, -0.25) is 0 Å². The normalized spacial score (nSPS) is 12.5. The minimum Gasteiger partial charge on any atom is -0.464 e. The molecule has 0 radical (unpaired) electrons. The molecule has 0 bridgehead atoms. The third kappa shape index (κ3) is 2.34. The first-order valence-corrected chi connectivity index (χ1v) is 4.20. The maximum Gasteiger partial charge on any atom is 0.354 e. The second kappa shape index (κ2) is 4.78. The Morgan fingerprint density at radius 2 is 2.36 bits per heavy atom. The summed E-state index contributed by atoms with van der Waals surface area (Å²) in [6.07, 6.45) is 1.68. The molecule has 5 heteroatoms. The lowest BCUT2D eigenvalue weighted by molar-refractivity contribution is 0.0595. The summed E-state index contributed by atoms with van der Waals surface area (Å²) in [5, 5.41) is 0. The van der Waals surface area contributed by atoms with E-state index >= 15 is 0 Å². The maximum absolute atomic E-state index is 11.1. The zero-order valence-electron chi connectivity index (χ0n) is 8.24. The second-order valence-corrected chi connectivity index (χ2v) is 2.90. The van der Waals surface area contributed by atoms with Crippen molar-refractivity contribution < 1.29 is 14.3 Å². The third-order valence-corrected chi connectivity index (χ3v) is 1.89. The van der Waals surface area contributed by atoms with Gasteiger partial charge in [0.15, 0.2) is 0 Å². The van der Waals surface area contributed by atoms with Gasteiger partial charge in [-0.15, -0.1) is 0 Å². The Balaban J connectivity index is 2.72. The first-order valence-electron chi connectivity index (χ1n) is 4.20. The number of H-pyrrole nitrogens is 1. The second-order valence-electron chi connectivity index (χ2n) is 2.90. The number of carbonyl (C=O) groups excluding carboxylic acids is 1. The molecule has 78 valence electrons. The van der Waals surface area contributed by atoms with Crippen LogP contribution in [0.3, 0.4) is 0 Å². The van der Waals surface area contributed by atoms with Gasteiger partial charge in [0.05, 0.1) is 19.8 Å². The van der Waals surface area contributed by atoms with Crippen LogP contribution in [-0.4, -0.2) is 31.8 Å². The van der Waals surface area contributed by atoms with Crippen LogP contribution in [0.25, 0.3) is 0 Å². The molecule has 1 aromatic rings. The van der Waals surface area contributed by atoms with Gasteiger partial charge in [0.1, 0.15) is 5.69 Å². The number of nitrogens with two attached hydrogens (primary N) is 1. The van der Waals surface area contributed by atoms with Crippen LogP contribution in [0.5, 0.6) is 0 Å². The van der Waals surface area contributed by atoms with E-state index in [1.54, 1.807) is 19.4 Å². The Kier molecular flexibility index (Phi) is 3.67. The molecule has 0 aliphatic carbocycles. The number of carbonyl (C=O) groups is 1. The summed E-state index contributed by atoms with van der Waals surface area (Å²) >= 11 is 0. The van der Waals surface area contributed by atoms with E-state index in [0.717, 1.165) is 5.56 Å². The number of hydrogen-bond acceptors (Lipinski definition) is 4. The monoisotopic (exact) mass is 198 g/mol. The van der Waals surface area contributed by atoms with Gasteiger partial charge >= 0.3 is 5.97 Å². The number of rotatable bonds is 4. The molecule has 14 heavy (non-hydrogen) atoms. The zero-order chi connectivity index (χ0) is 10.6. The Morgan fingerprint density at radius 3 is 2.93 bits per heavy atom. The SMILES string of the molecule is COC[C@H](N)c1c[nH]c(C(=O)OC)c1. The topological polar surface area (TPSA) is 77.3 Å². The quantitative estimate of drug-likeness (QED) is 0.688. The largest absolute Gasteiger partial charge is 0.464 e. The zero-order valence-corrected chi connectivity index (χ0v) is 8.24. The highest BCUT2D eigenvalue weighted by Crippen LogP contribution is 2.12. The highest BCUT2D eigenvalue weighted by atomic mass is 16.5. The smallest absolute Gasteiger partial charge is 0.354 e. The molecule has 0 amide bonds. The molecule has 0 fully saturated rings. The first kappa shape index (κ1) is 10.7. The number of esters is 1. The number of aromatic nitrogens is 1. The van der Waals surface area contributed by atoms with Crippen molar-refractivity contribution in [2.75, 3.05) is 20.8 Å². The standard InChI is InChI=1S/C9H14N2O3/c1-13-5-7(10)6-3-8(11-4-6)9(12)14-2/h3-4,7,11H,5,10H2,1-2H3/t7-/m0/s1. The molecule has 0 unspecified atom stereocenters. The molecule has 1 heterocycles. The van der Waals surface area contributed by atoms with Gasteiger partial charge < -0.3 is 20.2 Å². The molecular weight excluding hydrogens is 184 g/mol. The molecule has 0 aromatic carbocycles. The predicted octanol–water partition coefficient (Wildman–Crippen LogP) is 0.447. The van der Waals surface area contributed by atoms with Crippen molar-refractivity contribution in [3.63, 3.8) is 0 Å². The number of methoxy groups -OCH3 is 2. The molecule has 5 nitrogen and oxygen atoms in total. The van der Waals surface area contributed by atoms with Gasteiger partial charge in [0.25, 0.3) is 0 Å². The Labute approximate surface area is 82.2 Å². The van der Waals surface area contributed by atoms with E-state index in [9.17, 15) is 4.79 Å². The van der Waals surface area contributed by atoms with Crippen molar-refractivity contribution in [2.45, 2.75) is 6.04 Å². The van der Waals surface area contributed by atoms with E-state index in [-0.39, 0.29) is 6.04 Å². The molecule has 0 aliphatic rings. The first-order chi connectivity index (χ1) is 6.69. The van der Waals surface area contributed by atoms with Crippen molar-refractivity contribution in [1.82, 2.24) is 4.98 Å². The summed E-state index contributed by atoms with van der Waals surface area (Å²) in [4.78, 5) is 13.9. The average molecular weight is 198 g/mol. The fourth-order valence-electron chi connectivity index (χ4n) is 1.13. The number of aromatic amines is 1. The van der Waals surface area contributed by atoms with Gasteiger partial charge in [-0.25, -0.2) is 4.79 Å². The van der Waals surface area contributed by atoms with Crippen LogP contribution in [-0.2, 0) is 9.47 Å². The highest BCUT2D eigenvalue weighted by molar-refractivity contribution is 5.87. The lowest BCUT2D eigenvalue weighted by Gasteiger charge is -2.06. The minimum absolute atomic E-state index is 0.227. The number of hydrogen-bond donors (Lipinski definition) is 2. The Morgan fingerprint density at radius 1 is 1.64 bits per heavy atom. The predicted molar refractivity (Wildman–Crippen MR) is 50.9 cm³/mol. The minimum atomic E-state index is -0.402. The van der Waals surface area contributed by atoms with Crippen LogP contribution in [0.2, 0.25) is 0 Å². The molecule has 0 saturated heterocycles. The molecular formula is C9H14N2O3. The van der Waals surface area contributed by atoms with E-state index < -0.39 is 5.97 Å². The van der Waals surface area contributed by atoms with Crippen LogP contribution >= 0.6 is 0 Å². The van der Waals surface area contributed by atoms with Crippen molar-refractivity contribution >= 4 is 5.97 Å². The summed E-state index contributed by atoms with van der Waals surface area (Å²) in [7, 11) is 2.91. The van der Waals surface area contributed by atoms with Crippen LogP contribution < -0.4 is 5.73 Å². The lowest BCUT2D eigenvalue weighted by Crippen LogP contribution is -2.15. The van der Waals surface area contributed by atoms with Gasteiger partial charge in [0.2, 0.25) is 0 Å². The van der Waals surface area contributed by atoms with E-state index in [1.165, 1.54) is 7.11 Å². The Bertz CT molecular complexity index is 309. The van der Waals surface area contributed by atoms with E-state index in [2.05, 4.69) is 9.72 Å². The summed E-state index contributed by atoms with van der Waals surface area (Å²) < 4.78 is 9.45. The summed E-state index contributed by atoms with van der Waals surface area (Å²) in [5.74, 6) is -0.402. The third-order valence-electron chi connectivity index (χ3n) is 1.89. The van der Waals surface area contributed by atoms with Crippen molar-refractivity contribution in [3.05, 3.63) is 23.5 Å². The van der Waals surface area contributed by atoms with Gasteiger partial charge in [-0.1, -0.05) is 0 Å². The lowest BCUT2D eigenvalue weighted by atomic mass is 10.2. The van der Waals surface area contributed by atoms with Crippen LogP contribution in [0.1, 0.15) is 22.1 Å². The van der Waals surface area contributed by atoms with E-state index in [4.69, 9.17) is 10.5 Å². The van der Waals surface area contributed by atoms with Crippen molar-refractivity contribution in [3.8, 4) is 0 Å². The summed E-state index contributed by atoms with van der Waals surface area (Å²) in [5.41, 5.74) is 6.99. The highest BCUT2D eigenvalue weighted by Gasteiger charge is 2.12. The summed E-state index contributed by atoms with van der Waals surface area (Å²) in [6, 6.07) is 1.44. The van der Waals surface area contributed by atoms with E-state index in [0.29, 0.717) is 12.3 Å². The Hall–Kier alpha value is -1.33. The van der Waals surface area contributed by atoms with Crippen molar-refractivity contribution in [2.24, 2.45) is 5.73 Å². The van der Waals surface area contributed by atoms with E-state index in [1.807, 2.05) is 0 Å². The summed E-state index contributed by atoms with van der Waals surface area (Å²) in [6.45, 7) is 0.415. The van der Waals surface area contributed by atoms with Gasteiger partial charge in [-0.2, -0.15) is 0 Å². The van der Waals surface area contributed by atoms with Crippen molar-refractivity contribution in [1.29, 1.82) is 0 Å². The van der Waals surface area contributed by atoms with Crippen LogP contribution in [0, 0.1) is 0 Å². The fourth-order valence-corrected chi connectivity index (χ4v) is 1.13. The maximum atomic E-state index is 11.1. The molecule has 1 atom stereocenters. The average Bonchev–Trinajstić information content (AvgIpc) is 2.66. The van der Waals surface area contributed by atoms with Gasteiger partial charge in [-0.05, 0) is 11.6 Å². The molecule has 3 N–H and O–H groups in total. The van der Waals surface area contributed by atoms with Gasteiger partial charge in [0, 0.05) is 13.3 Å². The number of ether oxygens (including phenoxy) is 2.